The molecule has 5 heteroatoms. The van der Waals surface area contributed by atoms with Gasteiger partial charge in [-0.05, 0) is 6.92 Å². The van der Waals surface area contributed by atoms with Gasteiger partial charge in [0.15, 0.2) is 0 Å². The number of ether oxygens (including phenoxy) is 1. The minimum absolute atomic E-state index is 0.122. The van der Waals surface area contributed by atoms with Gasteiger partial charge in [-0.3, -0.25) is 4.79 Å². The van der Waals surface area contributed by atoms with Crippen LogP contribution in [-0.4, -0.2) is 28.1 Å². The van der Waals surface area contributed by atoms with E-state index in [-0.39, 0.29) is 12.5 Å². The zero-order valence-corrected chi connectivity index (χ0v) is 6.44. The Bertz CT molecular complexity index is 256. The monoisotopic (exact) mass is 155 g/mol. The first kappa shape index (κ1) is 7.71. The summed E-state index contributed by atoms with van der Waals surface area (Å²) in [6, 6.07) is 0. The van der Waals surface area contributed by atoms with Crippen molar-refractivity contribution in [2.75, 3.05) is 7.11 Å². The molecule has 0 saturated carbocycles. The van der Waals surface area contributed by atoms with Crippen LogP contribution in [0.5, 0.6) is 0 Å². The highest BCUT2D eigenvalue weighted by Crippen LogP contribution is 1.89. The number of methoxy groups -OCH3 is 1. The lowest BCUT2D eigenvalue weighted by Crippen LogP contribution is -2.11. The number of esters is 1. The van der Waals surface area contributed by atoms with Gasteiger partial charge in [0, 0.05) is 6.20 Å². The van der Waals surface area contributed by atoms with Crippen LogP contribution in [0, 0.1) is 6.92 Å². The minimum Gasteiger partial charge on any atom is -0.468 e. The van der Waals surface area contributed by atoms with Crippen molar-refractivity contribution in [3.63, 3.8) is 0 Å². The van der Waals surface area contributed by atoms with Crippen molar-refractivity contribution < 1.29 is 9.53 Å². The van der Waals surface area contributed by atoms with Crippen LogP contribution < -0.4 is 0 Å². The molecule has 0 fully saturated rings. The van der Waals surface area contributed by atoms with Crippen LogP contribution >= 0.6 is 0 Å². The first-order chi connectivity index (χ1) is 5.22. The number of hydrogen-bond donors (Lipinski definition) is 0. The zero-order chi connectivity index (χ0) is 8.27. The Labute approximate surface area is 64.0 Å². The van der Waals surface area contributed by atoms with E-state index >= 15 is 0 Å². The van der Waals surface area contributed by atoms with Gasteiger partial charge < -0.3 is 4.74 Å². The first-order valence-electron chi connectivity index (χ1n) is 3.16. The Morgan fingerprint density at radius 3 is 3.00 bits per heavy atom. The molecular weight excluding hydrogens is 146 g/mol. The van der Waals surface area contributed by atoms with E-state index in [2.05, 4.69) is 15.0 Å². The molecule has 60 valence electrons. The number of hydrogen-bond acceptors (Lipinski definition) is 4. The SMILES string of the molecule is COC(=O)Cn1cc(C)nn1. The van der Waals surface area contributed by atoms with Crippen molar-refractivity contribution in [3.05, 3.63) is 11.9 Å². The zero-order valence-electron chi connectivity index (χ0n) is 6.44. The average Bonchev–Trinajstić information content (AvgIpc) is 2.35. The molecule has 0 unspecified atom stereocenters. The fourth-order valence-electron chi connectivity index (χ4n) is 0.669. The molecule has 0 bridgehead atoms. The van der Waals surface area contributed by atoms with Crippen LogP contribution in [0.15, 0.2) is 6.20 Å². The van der Waals surface area contributed by atoms with E-state index < -0.39 is 0 Å². The molecule has 0 N–H and O–H groups in total. The fraction of sp³-hybridized carbons (Fsp3) is 0.500. The number of aryl methyl sites for hydroxylation is 1. The van der Waals surface area contributed by atoms with Gasteiger partial charge in [-0.15, -0.1) is 5.10 Å². The Hall–Kier alpha value is -1.39. The molecule has 0 aliphatic carbocycles. The fourth-order valence-corrected chi connectivity index (χ4v) is 0.669. The van der Waals surface area contributed by atoms with E-state index in [4.69, 9.17) is 0 Å². The van der Waals surface area contributed by atoms with Crippen LogP contribution in [0.25, 0.3) is 0 Å². The molecule has 0 atom stereocenters. The Morgan fingerprint density at radius 2 is 2.55 bits per heavy atom. The number of carbonyl (C=O) groups is 1. The summed E-state index contributed by atoms with van der Waals surface area (Å²) in [6.07, 6.45) is 1.68. The van der Waals surface area contributed by atoms with Gasteiger partial charge in [0.05, 0.1) is 12.8 Å². The van der Waals surface area contributed by atoms with E-state index in [1.54, 1.807) is 13.1 Å². The lowest BCUT2D eigenvalue weighted by molar-refractivity contribution is -0.141. The molecule has 0 spiro atoms. The molecule has 1 aromatic rings. The van der Waals surface area contributed by atoms with Crippen molar-refractivity contribution in [2.24, 2.45) is 0 Å². The Kier molecular flexibility index (Phi) is 2.20. The van der Waals surface area contributed by atoms with Crippen LogP contribution in [0.1, 0.15) is 5.69 Å². The van der Waals surface area contributed by atoms with Crippen molar-refractivity contribution in [2.45, 2.75) is 13.5 Å². The predicted molar refractivity (Wildman–Crippen MR) is 36.8 cm³/mol. The van der Waals surface area contributed by atoms with Gasteiger partial charge in [0.2, 0.25) is 0 Å². The van der Waals surface area contributed by atoms with Gasteiger partial charge in [-0.25, -0.2) is 4.68 Å². The first-order valence-corrected chi connectivity index (χ1v) is 3.16. The highest BCUT2D eigenvalue weighted by molar-refractivity contribution is 5.68. The largest absolute Gasteiger partial charge is 0.468 e. The highest BCUT2D eigenvalue weighted by atomic mass is 16.5. The third-order valence-electron chi connectivity index (χ3n) is 1.17. The highest BCUT2D eigenvalue weighted by Gasteiger charge is 2.02. The molecule has 1 heterocycles. The molecule has 0 aromatic carbocycles. The van der Waals surface area contributed by atoms with Gasteiger partial charge in [-0.1, -0.05) is 5.21 Å². The topological polar surface area (TPSA) is 57.0 Å². The van der Waals surface area contributed by atoms with Crippen molar-refractivity contribution >= 4 is 5.97 Å². The van der Waals surface area contributed by atoms with E-state index in [0.717, 1.165) is 5.69 Å². The molecule has 0 aliphatic rings. The van der Waals surface area contributed by atoms with E-state index in [1.165, 1.54) is 11.8 Å². The smallest absolute Gasteiger partial charge is 0.327 e. The lowest BCUT2D eigenvalue weighted by Gasteiger charge is -1.96. The van der Waals surface area contributed by atoms with E-state index in [9.17, 15) is 4.79 Å². The summed E-state index contributed by atoms with van der Waals surface area (Å²) in [6.45, 7) is 1.93. The van der Waals surface area contributed by atoms with Gasteiger partial charge >= 0.3 is 5.97 Å². The maximum atomic E-state index is 10.7. The van der Waals surface area contributed by atoms with Crippen molar-refractivity contribution in [1.82, 2.24) is 15.0 Å². The summed E-state index contributed by atoms with van der Waals surface area (Å²) in [7, 11) is 1.34. The second kappa shape index (κ2) is 3.14. The maximum Gasteiger partial charge on any atom is 0.327 e. The Morgan fingerprint density at radius 1 is 1.82 bits per heavy atom. The number of nitrogens with zero attached hydrogens (tertiary/aromatic N) is 3. The van der Waals surface area contributed by atoms with Crippen LogP contribution in [0.4, 0.5) is 0 Å². The van der Waals surface area contributed by atoms with Crippen LogP contribution in [0.3, 0.4) is 0 Å². The number of carbonyl (C=O) groups excluding carboxylic acids is 1. The van der Waals surface area contributed by atoms with Crippen molar-refractivity contribution in [3.8, 4) is 0 Å². The normalized spacial score (nSPS) is 9.64. The number of rotatable bonds is 2. The molecule has 0 aliphatic heterocycles. The summed E-state index contributed by atoms with van der Waals surface area (Å²) in [4.78, 5) is 10.7. The summed E-state index contributed by atoms with van der Waals surface area (Å²) in [5, 5.41) is 7.38. The number of aromatic nitrogens is 3. The van der Waals surface area contributed by atoms with Gasteiger partial charge in [0.25, 0.3) is 0 Å². The summed E-state index contributed by atoms with van der Waals surface area (Å²) < 4.78 is 5.87. The molecule has 5 nitrogen and oxygen atoms in total. The third kappa shape index (κ3) is 2.03. The average molecular weight is 155 g/mol. The lowest BCUT2D eigenvalue weighted by atomic mass is 10.5. The molecular formula is C6H9N3O2. The Balaban J connectivity index is 2.57. The van der Waals surface area contributed by atoms with Crippen LogP contribution in [-0.2, 0) is 16.1 Å². The predicted octanol–water partition coefficient (Wildman–Crippen LogP) is -0.240. The van der Waals surface area contributed by atoms with Gasteiger partial charge in [-0.2, -0.15) is 0 Å². The molecule has 0 radical (unpaired) electrons. The van der Waals surface area contributed by atoms with Crippen LogP contribution in [0.2, 0.25) is 0 Å². The second-order valence-electron chi connectivity index (χ2n) is 2.13. The molecule has 1 rings (SSSR count). The van der Waals surface area contributed by atoms with E-state index in [0.29, 0.717) is 0 Å². The van der Waals surface area contributed by atoms with E-state index in [1.807, 2.05) is 0 Å². The van der Waals surface area contributed by atoms with Gasteiger partial charge in [0.1, 0.15) is 6.54 Å². The quantitative estimate of drug-likeness (QED) is 0.553. The summed E-state index contributed by atoms with van der Waals surface area (Å²) >= 11 is 0. The molecule has 0 amide bonds. The minimum atomic E-state index is -0.324. The molecule has 11 heavy (non-hydrogen) atoms. The third-order valence-corrected chi connectivity index (χ3v) is 1.17. The standard InChI is InChI=1S/C6H9N3O2/c1-5-3-9(8-7-5)4-6(10)11-2/h3H,4H2,1-2H3. The summed E-state index contributed by atoms with van der Waals surface area (Å²) in [5.74, 6) is -0.324. The van der Waals surface area contributed by atoms with Crippen molar-refractivity contribution in [1.29, 1.82) is 0 Å². The molecule has 1 aromatic heterocycles. The second-order valence-corrected chi connectivity index (χ2v) is 2.13. The summed E-state index contributed by atoms with van der Waals surface area (Å²) in [5.41, 5.74) is 0.786. The maximum absolute atomic E-state index is 10.7. The molecule has 0 saturated heterocycles.